The molecule has 0 saturated carbocycles. The average molecular weight is 345 g/mol. The Balaban J connectivity index is 0.00000139. The van der Waals surface area contributed by atoms with Gasteiger partial charge in [0.25, 0.3) is 5.91 Å². The van der Waals surface area contributed by atoms with E-state index in [9.17, 15) is 26.7 Å². The zero-order chi connectivity index (χ0) is 18.5. The van der Waals surface area contributed by atoms with Gasteiger partial charge >= 0.3 is 6.18 Å². The first-order valence-corrected chi connectivity index (χ1v) is 7.13. The van der Waals surface area contributed by atoms with Gasteiger partial charge in [0.15, 0.2) is 11.6 Å². The Morgan fingerprint density at radius 1 is 0.917 bits per heavy atom. The van der Waals surface area contributed by atoms with Gasteiger partial charge in [0.05, 0.1) is 11.3 Å². The molecule has 0 bridgehead atoms. The molecule has 0 aliphatic heterocycles. The van der Waals surface area contributed by atoms with Crippen LogP contribution in [0.15, 0.2) is 36.4 Å². The third kappa shape index (κ3) is 4.53. The molecular formula is C17H16F5NO. The number of rotatable bonds is 2. The highest BCUT2D eigenvalue weighted by atomic mass is 19.4. The maximum atomic E-state index is 13.6. The van der Waals surface area contributed by atoms with E-state index >= 15 is 0 Å². The molecule has 0 aliphatic rings. The Morgan fingerprint density at radius 3 is 1.96 bits per heavy atom. The third-order valence-electron chi connectivity index (χ3n) is 3.00. The molecule has 0 aliphatic carbocycles. The summed E-state index contributed by atoms with van der Waals surface area (Å²) in [5, 5.41) is 2.12. The van der Waals surface area contributed by atoms with E-state index in [0.29, 0.717) is 0 Å². The molecule has 0 aromatic heterocycles. The Kier molecular flexibility index (Phi) is 6.45. The first kappa shape index (κ1) is 19.6. The predicted molar refractivity (Wildman–Crippen MR) is 81.8 cm³/mol. The van der Waals surface area contributed by atoms with Gasteiger partial charge in [-0.1, -0.05) is 19.9 Å². The maximum absolute atomic E-state index is 13.6. The monoisotopic (exact) mass is 345 g/mol. The van der Waals surface area contributed by atoms with E-state index in [1.54, 1.807) is 0 Å². The van der Waals surface area contributed by atoms with Crippen LogP contribution < -0.4 is 5.32 Å². The van der Waals surface area contributed by atoms with E-state index in [-0.39, 0.29) is 16.8 Å². The van der Waals surface area contributed by atoms with Crippen LogP contribution in [0.2, 0.25) is 0 Å². The summed E-state index contributed by atoms with van der Waals surface area (Å²) < 4.78 is 64.2. The number of halogens is 5. The van der Waals surface area contributed by atoms with Crippen LogP contribution >= 0.6 is 0 Å². The SMILES string of the molecule is CC.Cc1ccc(NC(=O)c2ccc(C(F)(F)F)cc2)c(F)c1F. The standard InChI is InChI=1S/C15H10F5NO.C2H6/c1-8-2-7-11(13(17)12(8)16)21-14(22)9-3-5-10(6-4-9)15(18,19)20;1-2/h2-7H,1H3,(H,21,22);1-2H3. The zero-order valence-electron chi connectivity index (χ0n) is 13.3. The van der Waals surface area contributed by atoms with Crippen LogP contribution in [-0.4, -0.2) is 5.91 Å². The molecule has 0 atom stereocenters. The minimum atomic E-state index is -4.51. The Bertz CT molecular complexity index is 708. The number of hydrogen-bond donors (Lipinski definition) is 1. The smallest absolute Gasteiger partial charge is 0.319 e. The van der Waals surface area contributed by atoms with Gasteiger partial charge in [-0.3, -0.25) is 4.79 Å². The highest BCUT2D eigenvalue weighted by molar-refractivity contribution is 6.04. The first-order chi connectivity index (χ1) is 11.2. The summed E-state index contributed by atoms with van der Waals surface area (Å²) in [6, 6.07) is 5.85. The van der Waals surface area contributed by atoms with Gasteiger partial charge in [0.2, 0.25) is 0 Å². The molecule has 2 rings (SSSR count). The van der Waals surface area contributed by atoms with Crippen LogP contribution in [0.3, 0.4) is 0 Å². The van der Waals surface area contributed by atoms with Crippen molar-refractivity contribution in [3.8, 4) is 0 Å². The normalized spacial score (nSPS) is 10.7. The number of anilines is 1. The van der Waals surface area contributed by atoms with E-state index < -0.39 is 29.3 Å². The Labute approximate surface area is 136 Å². The van der Waals surface area contributed by atoms with Crippen LogP contribution in [0.5, 0.6) is 0 Å². The Hall–Kier alpha value is -2.44. The number of carbonyl (C=O) groups excluding carboxylic acids is 1. The minimum Gasteiger partial charge on any atom is -0.319 e. The van der Waals surface area contributed by atoms with E-state index in [1.807, 2.05) is 13.8 Å². The van der Waals surface area contributed by atoms with Crippen LogP contribution in [0.25, 0.3) is 0 Å². The molecule has 1 N–H and O–H groups in total. The van der Waals surface area contributed by atoms with Gasteiger partial charge in [-0.15, -0.1) is 0 Å². The Morgan fingerprint density at radius 2 is 1.46 bits per heavy atom. The second-order valence-electron chi connectivity index (χ2n) is 4.59. The van der Waals surface area contributed by atoms with Crippen molar-refractivity contribution in [1.29, 1.82) is 0 Å². The molecule has 24 heavy (non-hydrogen) atoms. The number of amides is 1. The second-order valence-corrected chi connectivity index (χ2v) is 4.59. The minimum absolute atomic E-state index is 0.0741. The van der Waals surface area contributed by atoms with E-state index in [4.69, 9.17) is 0 Å². The van der Waals surface area contributed by atoms with Crippen molar-refractivity contribution in [2.24, 2.45) is 0 Å². The molecular weight excluding hydrogens is 329 g/mol. The quantitative estimate of drug-likeness (QED) is 0.708. The van der Waals surface area contributed by atoms with Gasteiger partial charge < -0.3 is 5.32 Å². The van der Waals surface area contributed by atoms with Gasteiger partial charge in [-0.25, -0.2) is 8.78 Å². The topological polar surface area (TPSA) is 29.1 Å². The summed E-state index contributed by atoms with van der Waals surface area (Å²) in [4.78, 5) is 11.8. The van der Waals surface area contributed by atoms with Crippen molar-refractivity contribution in [2.75, 3.05) is 5.32 Å². The van der Waals surface area contributed by atoms with Gasteiger partial charge in [-0.05, 0) is 42.8 Å². The molecule has 0 unspecified atom stereocenters. The zero-order valence-corrected chi connectivity index (χ0v) is 13.3. The highest BCUT2D eigenvalue weighted by Crippen LogP contribution is 2.29. The predicted octanol–water partition coefficient (Wildman–Crippen LogP) is 5.57. The van der Waals surface area contributed by atoms with Crippen LogP contribution in [0.4, 0.5) is 27.6 Å². The molecule has 0 radical (unpaired) electrons. The number of nitrogens with one attached hydrogen (secondary N) is 1. The molecule has 2 aromatic rings. The molecule has 0 saturated heterocycles. The molecule has 7 heteroatoms. The second kappa shape index (κ2) is 7.90. The van der Waals surface area contributed by atoms with Crippen molar-refractivity contribution >= 4 is 11.6 Å². The number of alkyl halides is 3. The summed E-state index contributed by atoms with van der Waals surface area (Å²) in [7, 11) is 0. The number of aryl methyl sites for hydroxylation is 1. The van der Waals surface area contributed by atoms with Crippen LogP contribution in [-0.2, 0) is 6.18 Å². The summed E-state index contributed by atoms with van der Waals surface area (Å²) in [5.41, 5.74) is -1.32. The third-order valence-corrected chi connectivity index (χ3v) is 3.00. The molecule has 2 aromatic carbocycles. The highest BCUT2D eigenvalue weighted by Gasteiger charge is 2.30. The lowest BCUT2D eigenvalue weighted by atomic mass is 10.1. The van der Waals surface area contributed by atoms with Crippen molar-refractivity contribution < 1.29 is 26.7 Å². The fourth-order valence-electron chi connectivity index (χ4n) is 1.75. The lowest BCUT2D eigenvalue weighted by Gasteiger charge is -2.10. The fraction of sp³-hybridized carbons (Fsp3) is 0.235. The largest absolute Gasteiger partial charge is 0.416 e. The maximum Gasteiger partial charge on any atom is 0.416 e. The molecule has 0 heterocycles. The van der Waals surface area contributed by atoms with E-state index in [2.05, 4.69) is 5.32 Å². The van der Waals surface area contributed by atoms with Gasteiger partial charge in [-0.2, -0.15) is 13.2 Å². The molecule has 1 amide bonds. The summed E-state index contributed by atoms with van der Waals surface area (Å²) in [6.07, 6.45) is -4.51. The lowest BCUT2D eigenvalue weighted by molar-refractivity contribution is -0.137. The lowest BCUT2D eigenvalue weighted by Crippen LogP contribution is -2.14. The van der Waals surface area contributed by atoms with E-state index in [1.165, 1.54) is 19.1 Å². The van der Waals surface area contributed by atoms with Gasteiger partial charge in [0.1, 0.15) is 0 Å². The summed E-state index contributed by atoms with van der Waals surface area (Å²) in [6.45, 7) is 5.36. The summed E-state index contributed by atoms with van der Waals surface area (Å²) >= 11 is 0. The molecule has 0 fully saturated rings. The van der Waals surface area contributed by atoms with Crippen LogP contribution in [0.1, 0.15) is 35.3 Å². The number of benzene rings is 2. The van der Waals surface area contributed by atoms with E-state index in [0.717, 1.165) is 24.3 Å². The fourth-order valence-corrected chi connectivity index (χ4v) is 1.75. The van der Waals surface area contributed by atoms with Crippen molar-refractivity contribution in [3.63, 3.8) is 0 Å². The van der Waals surface area contributed by atoms with Crippen molar-refractivity contribution in [2.45, 2.75) is 26.9 Å². The molecule has 130 valence electrons. The number of hydrogen-bond acceptors (Lipinski definition) is 1. The van der Waals surface area contributed by atoms with Crippen molar-refractivity contribution in [1.82, 2.24) is 0 Å². The van der Waals surface area contributed by atoms with Gasteiger partial charge in [0, 0.05) is 5.56 Å². The van der Waals surface area contributed by atoms with Crippen LogP contribution in [0, 0.1) is 18.6 Å². The van der Waals surface area contributed by atoms with Crippen molar-refractivity contribution in [3.05, 3.63) is 64.7 Å². The number of carbonyl (C=O) groups is 1. The molecule has 2 nitrogen and oxygen atoms in total. The average Bonchev–Trinajstić information content (AvgIpc) is 2.56. The first-order valence-electron chi connectivity index (χ1n) is 7.13. The molecule has 0 spiro atoms. The summed E-state index contributed by atoms with van der Waals surface area (Å²) in [5.74, 6) is -3.15.